The molecule has 2 rings (SSSR count). The molecule has 1 aromatic carbocycles. The van der Waals surface area contributed by atoms with Gasteiger partial charge in [0.2, 0.25) is 0 Å². The summed E-state index contributed by atoms with van der Waals surface area (Å²) in [5.74, 6) is 1.23. The predicted molar refractivity (Wildman–Crippen MR) is 90.9 cm³/mol. The van der Waals surface area contributed by atoms with Crippen LogP contribution in [0.25, 0.3) is 11.0 Å². The van der Waals surface area contributed by atoms with Crippen LogP contribution in [0.1, 0.15) is 50.9 Å². The Labute approximate surface area is 128 Å². The Bertz CT molecular complexity index is 557. The van der Waals surface area contributed by atoms with Crippen molar-refractivity contribution in [2.45, 2.75) is 59.4 Å². The lowest BCUT2D eigenvalue weighted by Gasteiger charge is -2.09. The minimum Gasteiger partial charge on any atom is -0.328 e. The third-order valence-electron chi connectivity index (χ3n) is 3.92. The highest BCUT2D eigenvalue weighted by atomic mass is 15.1. The van der Waals surface area contributed by atoms with E-state index in [9.17, 15) is 0 Å². The molecule has 3 nitrogen and oxygen atoms in total. The van der Waals surface area contributed by atoms with Gasteiger partial charge in [0.05, 0.1) is 11.0 Å². The van der Waals surface area contributed by atoms with Crippen LogP contribution in [0.15, 0.2) is 18.2 Å². The Hall–Kier alpha value is -1.35. The lowest BCUT2D eigenvalue weighted by atomic mass is 10.2. The summed E-state index contributed by atoms with van der Waals surface area (Å²) < 4.78 is 2.43. The molecule has 1 heterocycles. The summed E-state index contributed by atoms with van der Waals surface area (Å²) in [6.07, 6.45) is 6.00. The van der Waals surface area contributed by atoms with Crippen LogP contribution in [0.2, 0.25) is 0 Å². The maximum absolute atomic E-state index is 4.87. The molecule has 0 aliphatic heterocycles. The summed E-state index contributed by atoms with van der Waals surface area (Å²) in [5.41, 5.74) is 3.73. The van der Waals surface area contributed by atoms with Gasteiger partial charge in [0.25, 0.3) is 0 Å². The number of fused-ring (bicyclic) bond motifs is 1. The van der Waals surface area contributed by atoms with Gasteiger partial charge in [-0.3, -0.25) is 0 Å². The first-order valence-corrected chi connectivity index (χ1v) is 8.42. The molecule has 0 radical (unpaired) electrons. The van der Waals surface area contributed by atoms with Crippen LogP contribution in [0.5, 0.6) is 0 Å². The van der Waals surface area contributed by atoms with Crippen molar-refractivity contribution in [2.24, 2.45) is 0 Å². The molecular weight excluding hydrogens is 258 g/mol. The largest absolute Gasteiger partial charge is 0.328 e. The van der Waals surface area contributed by atoms with Gasteiger partial charge in [0.1, 0.15) is 5.82 Å². The average Bonchev–Trinajstić information content (AvgIpc) is 2.81. The number of nitrogens with one attached hydrogen (secondary N) is 1. The van der Waals surface area contributed by atoms with Crippen LogP contribution in [-0.2, 0) is 13.0 Å². The van der Waals surface area contributed by atoms with Gasteiger partial charge in [-0.25, -0.2) is 4.98 Å². The molecule has 0 aliphatic carbocycles. The molecule has 0 saturated carbocycles. The van der Waals surface area contributed by atoms with Gasteiger partial charge < -0.3 is 9.88 Å². The highest BCUT2D eigenvalue weighted by Crippen LogP contribution is 2.19. The SMILES string of the molecule is CCCCCn1c(CCNCCC)nc2cc(C)ccc21. The summed E-state index contributed by atoms with van der Waals surface area (Å²) in [6.45, 7) is 9.80. The van der Waals surface area contributed by atoms with E-state index in [2.05, 4.69) is 48.9 Å². The first-order chi connectivity index (χ1) is 10.3. The minimum absolute atomic E-state index is 1.01. The maximum Gasteiger partial charge on any atom is 0.111 e. The fourth-order valence-corrected chi connectivity index (χ4v) is 2.75. The van der Waals surface area contributed by atoms with E-state index in [4.69, 9.17) is 4.98 Å². The van der Waals surface area contributed by atoms with Crippen molar-refractivity contribution in [2.75, 3.05) is 13.1 Å². The number of imidazole rings is 1. The zero-order chi connectivity index (χ0) is 15.1. The zero-order valence-corrected chi connectivity index (χ0v) is 13.8. The molecule has 1 aromatic heterocycles. The van der Waals surface area contributed by atoms with Crippen molar-refractivity contribution < 1.29 is 0 Å². The number of unbranched alkanes of at least 4 members (excludes halogenated alkanes) is 2. The van der Waals surface area contributed by atoms with Crippen LogP contribution in [0, 0.1) is 6.92 Å². The van der Waals surface area contributed by atoms with E-state index in [1.54, 1.807) is 0 Å². The Balaban J connectivity index is 2.17. The number of rotatable bonds is 9. The zero-order valence-electron chi connectivity index (χ0n) is 13.8. The fourth-order valence-electron chi connectivity index (χ4n) is 2.75. The van der Waals surface area contributed by atoms with E-state index in [0.717, 1.165) is 31.6 Å². The van der Waals surface area contributed by atoms with Crippen LogP contribution in [-0.4, -0.2) is 22.6 Å². The number of nitrogens with zero attached hydrogens (tertiary/aromatic N) is 2. The standard InChI is InChI=1S/C18H29N3/c1-4-6-7-13-21-17-9-8-15(3)14-16(17)20-18(21)10-12-19-11-5-2/h8-9,14,19H,4-7,10-13H2,1-3H3. The Kier molecular flexibility index (Phi) is 6.24. The van der Waals surface area contributed by atoms with Crippen LogP contribution in [0.4, 0.5) is 0 Å². The number of benzene rings is 1. The molecule has 21 heavy (non-hydrogen) atoms. The van der Waals surface area contributed by atoms with Gasteiger partial charge in [-0.05, 0) is 44.0 Å². The van der Waals surface area contributed by atoms with Gasteiger partial charge in [-0.15, -0.1) is 0 Å². The molecule has 0 spiro atoms. The van der Waals surface area contributed by atoms with Gasteiger partial charge in [-0.2, -0.15) is 0 Å². The first-order valence-electron chi connectivity index (χ1n) is 8.42. The Morgan fingerprint density at radius 3 is 2.71 bits per heavy atom. The second-order valence-corrected chi connectivity index (χ2v) is 5.88. The van der Waals surface area contributed by atoms with Crippen molar-refractivity contribution in [1.29, 1.82) is 0 Å². The number of hydrogen-bond donors (Lipinski definition) is 1. The number of hydrogen-bond acceptors (Lipinski definition) is 2. The molecule has 0 bridgehead atoms. The first kappa shape index (κ1) is 16.0. The number of aryl methyl sites for hydroxylation is 2. The quantitative estimate of drug-likeness (QED) is 0.704. The van der Waals surface area contributed by atoms with Crippen molar-refractivity contribution in [3.8, 4) is 0 Å². The third-order valence-corrected chi connectivity index (χ3v) is 3.92. The Morgan fingerprint density at radius 1 is 1.10 bits per heavy atom. The predicted octanol–water partition coefficient (Wildman–Crippen LogP) is 4.08. The van der Waals surface area contributed by atoms with E-state index in [1.807, 2.05) is 0 Å². The molecule has 1 N–H and O–H groups in total. The van der Waals surface area contributed by atoms with Crippen molar-refractivity contribution in [1.82, 2.24) is 14.9 Å². The van der Waals surface area contributed by atoms with Gasteiger partial charge in [0, 0.05) is 19.5 Å². The van der Waals surface area contributed by atoms with Gasteiger partial charge >= 0.3 is 0 Å². The second-order valence-electron chi connectivity index (χ2n) is 5.88. The monoisotopic (exact) mass is 287 g/mol. The molecule has 0 amide bonds. The fraction of sp³-hybridized carbons (Fsp3) is 0.611. The lowest BCUT2D eigenvalue weighted by molar-refractivity contribution is 0.577. The third kappa shape index (κ3) is 4.31. The van der Waals surface area contributed by atoms with Crippen LogP contribution in [0.3, 0.4) is 0 Å². The normalized spacial score (nSPS) is 11.4. The van der Waals surface area contributed by atoms with Crippen molar-refractivity contribution in [3.63, 3.8) is 0 Å². The molecule has 2 aromatic rings. The molecule has 0 unspecified atom stereocenters. The smallest absolute Gasteiger partial charge is 0.111 e. The highest BCUT2D eigenvalue weighted by molar-refractivity contribution is 5.76. The van der Waals surface area contributed by atoms with E-state index >= 15 is 0 Å². The molecule has 116 valence electrons. The average molecular weight is 287 g/mol. The lowest BCUT2D eigenvalue weighted by Crippen LogP contribution is -2.19. The van der Waals surface area contributed by atoms with Gasteiger partial charge in [-0.1, -0.05) is 32.8 Å². The summed E-state index contributed by atoms with van der Waals surface area (Å²) in [5, 5.41) is 3.48. The Morgan fingerprint density at radius 2 is 1.95 bits per heavy atom. The van der Waals surface area contributed by atoms with E-state index in [1.165, 1.54) is 42.6 Å². The maximum atomic E-state index is 4.87. The second kappa shape index (κ2) is 8.18. The molecule has 0 fully saturated rings. The number of aromatic nitrogens is 2. The molecule has 0 aliphatic rings. The molecule has 0 atom stereocenters. The minimum atomic E-state index is 1.01. The summed E-state index contributed by atoms with van der Waals surface area (Å²) in [6, 6.07) is 6.63. The van der Waals surface area contributed by atoms with E-state index in [0.29, 0.717) is 0 Å². The summed E-state index contributed by atoms with van der Waals surface area (Å²) in [4.78, 5) is 4.87. The molecule has 0 saturated heterocycles. The van der Waals surface area contributed by atoms with Gasteiger partial charge in [0.15, 0.2) is 0 Å². The van der Waals surface area contributed by atoms with Crippen molar-refractivity contribution in [3.05, 3.63) is 29.6 Å². The molecule has 3 heteroatoms. The van der Waals surface area contributed by atoms with E-state index in [-0.39, 0.29) is 0 Å². The van der Waals surface area contributed by atoms with E-state index < -0.39 is 0 Å². The topological polar surface area (TPSA) is 29.9 Å². The van der Waals surface area contributed by atoms with Crippen LogP contribution >= 0.6 is 0 Å². The molecular formula is C18H29N3. The van der Waals surface area contributed by atoms with Crippen molar-refractivity contribution >= 4 is 11.0 Å². The summed E-state index contributed by atoms with van der Waals surface area (Å²) >= 11 is 0. The highest BCUT2D eigenvalue weighted by Gasteiger charge is 2.10. The van der Waals surface area contributed by atoms with Crippen LogP contribution < -0.4 is 5.32 Å². The summed E-state index contributed by atoms with van der Waals surface area (Å²) in [7, 11) is 0.